The summed E-state index contributed by atoms with van der Waals surface area (Å²) in [7, 11) is 1.15. The summed E-state index contributed by atoms with van der Waals surface area (Å²) in [6.45, 7) is 0. The topological polar surface area (TPSA) is 152 Å². The lowest BCUT2D eigenvalue weighted by Crippen LogP contribution is -2.24. The number of carboxylic acids is 2. The molecule has 11 heteroatoms. The number of aliphatic carboxylic acids is 2. The number of carbonyl (C=O) groups excluding carboxylic acids is 1. The lowest BCUT2D eigenvalue weighted by Gasteiger charge is -2.18. The van der Waals surface area contributed by atoms with Gasteiger partial charge in [-0.3, -0.25) is 9.59 Å². The summed E-state index contributed by atoms with van der Waals surface area (Å²) in [5, 5.41) is 23.9. The molecular weight excluding hydrogens is 342 g/mol. The monoisotopic (exact) mass is 355 g/mol. The van der Waals surface area contributed by atoms with Crippen LogP contribution in [0.2, 0.25) is 0 Å². The Morgan fingerprint density at radius 3 is 2.67 bits per heavy atom. The molecule has 2 rings (SSSR count). The van der Waals surface area contributed by atoms with Gasteiger partial charge in [0, 0.05) is 18.1 Å². The van der Waals surface area contributed by atoms with Gasteiger partial charge in [-0.25, -0.2) is 14.7 Å². The predicted octanol–water partition coefficient (Wildman–Crippen LogP) is -0.0937. The van der Waals surface area contributed by atoms with Gasteiger partial charge in [-0.2, -0.15) is 5.10 Å². The maximum Gasteiger partial charge on any atom is 0.341 e. The molecule has 0 spiro atoms. The molecule has 24 heavy (non-hydrogen) atoms. The van der Waals surface area contributed by atoms with Crippen LogP contribution in [-0.2, 0) is 14.3 Å². The Hall–Kier alpha value is -2.82. The molecule has 0 aromatic heterocycles. The molecule has 0 fully saturated rings. The Bertz CT molecular complexity index is 812. The first kappa shape index (κ1) is 17.5. The van der Waals surface area contributed by atoms with Gasteiger partial charge in [0.05, 0.1) is 18.4 Å². The molecule has 1 atom stereocenters. The number of ether oxygens (including phenoxy) is 1. The number of pyridine rings is 1. The summed E-state index contributed by atoms with van der Waals surface area (Å²) in [5.74, 6) is -3.41. The Morgan fingerprint density at radius 2 is 2.08 bits per heavy atom. The number of aromatic nitrogens is 3. The third-order valence-electron chi connectivity index (χ3n) is 3.13. The fourth-order valence-electron chi connectivity index (χ4n) is 2.04. The fraction of sp³-hybridized carbons (Fsp3) is 0.308. The quantitative estimate of drug-likeness (QED) is 0.578. The smallest absolute Gasteiger partial charge is 0.341 e. The van der Waals surface area contributed by atoms with Crippen molar-refractivity contribution in [1.82, 2.24) is 14.8 Å². The highest BCUT2D eigenvalue weighted by Crippen LogP contribution is 2.24. The predicted molar refractivity (Wildman–Crippen MR) is 82.4 cm³/mol. The van der Waals surface area contributed by atoms with Crippen LogP contribution in [0.15, 0.2) is 17.2 Å². The number of carbonyl (C=O) groups is 3. The van der Waals surface area contributed by atoms with Gasteiger partial charge in [-0.1, -0.05) is 0 Å². The normalized spacial score (nSPS) is 12.0. The zero-order valence-corrected chi connectivity index (χ0v) is 13.2. The number of rotatable bonds is 7. The van der Waals surface area contributed by atoms with Gasteiger partial charge < -0.3 is 19.5 Å². The molecule has 0 bridgehead atoms. The number of hydrogen-bond donors (Lipinski definition) is 3. The fourth-order valence-corrected chi connectivity index (χ4v) is 2.87. The van der Waals surface area contributed by atoms with Crippen molar-refractivity contribution in [3.63, 3.8) is 0 Å². The summed E-state index contributed by atoms with van der Waals surface area (Å²) in [6.07, 6.45) is 2.47. The highest BCUT2D eigenvalue weighted by Gasteiger charge is 2.26. The van der Waals surface area contributed by atoms with Gasteiger partial charge in [-0.05, 0) is 0 Å². The van der Waals surface area contributed by atoms with Gasteiger partial charge in [0.15, 0.2) is 0 Å². The molecule has 2 aliphatic rings. The molecule has 128 valence electrons. The number of fused-ring (bicyclic) bond motifs is 1. The van der Waals surface area contributed by atoms with Gasteiger partial charge in [0.2, 0.25) is 0 Å². The minimum absolute atomic E-state index is 0.0346. The summed E-state index contributed by atoms with van der Waals surface area (Å²) in [4.78, 5) is 45.7. The van der Waals surface area contributed by atoms with Gasteiger partial charge in [0.1, 0.15) is 17.3 Å². The molecule has 2 aliphatic heterocycles. The Balaban J connectivity index is 2.48. The third-order valence-corrected chi connectivity index (χ3v) is 4.13. The van der Waals surface area contributed by atoms with Crippen molar-refractivity contribution in [2.24, 2.45) is 0 Å². The van der Waals surface area contributed by atoms with E-state index in [2.05, 4.69) is 14.9 Å². The van der Waals surface area contributed by atoms with E-state index in [1.54, 1.807) is 0 Å². The van der Waals surface area contributed by atoms with Crippen LogP contribution >= 0.6 is 11.8 Å². The van der Waals surface area contributed by atoms with Crippen molar-refractivity contribution in [2.45, 2.75) is 6.04 Å². The third kappa shape index (κ3) is 3.56. The lowest BCUT2D eigenvalue weighted by atomic mass is 10.1. The van der Waals surface area contributed by atoms with E-state index in [1.165, 1.54) is 17.0 Å². The van der Waals surface area contributed by atoms with E-state index in [0.717, 1.165) is 18.9 Å². The number of hydrogen-bond acceptors (Lipinski definition) is 7. The minimum atomic E-state index is -1.23. The van der Waals surface area contributed by atoms with Crippen molar-refractivity contribution in [3.05, 3.63) is 28.3 Å². The van der Waals surface area contributed by atoms with Crippen molar-refractivity contribution in [2.75, 3.05) is 18.6 Å². The van der Waals surface area contributed by atoms with Crippen molar-refractivity contribution in [3.8, 4) is 11.3 Å². The number of nitrogens with zero attached hydrogens (tertiary/aromatic N) is 2. The zero-order valence-electron chi connectivity index (χ0n) is 12.4. The van der Waals surface area contributed by atoms with Gasteiger partial charge >= 0.3 is 17.9 Å². The molecule has 10 nitrogen and oxygen atoms in total. The number of methoxy groups -OCH3 is 1. The minimum Gasteiger partial charge on any atom is -0.481 e. The van der Waals surface area contributed by atoms with Crippen molar-refractivity contribution >= 4 is 29.7 Å². The standard InChI is InChI=1S/C13H13N3O7S/c1-23-13(22)7-3-16(2-6-10(7)14-15-11(6)19)8(12(20)21)4-24-5-9(17)18/h2-3,8H,4-5H2,1H3,(H,15,19)(H,17,18)(H,20,21)/t8-/m0/s1. The number of aromatic amines is 1. The second-order valence-corrected chi connectivity index (χ2v) is 5.72. The molecule has 0 unspecified atom stereocenters. The van der Waals surface area contributed by atoms with Gasteiger partial charge in [0.25, 0.3) is 5.56 Å². The largest absolute Gasteiger partial charge is 0.481 e. The highest BCUT2D eigenvalue weighted by atomic mass is 32.2. The average Bonchev–Trinajstić information content (AvgIpc) is 2.90. The van der Waals surface area contributed by atoms with E-state index in [9.17, 15) is 24.3 Å². The summed E-state index contributed by atoms with van der Waals surface area (Å²) >= 11 is 0.905. The second-order valence-electron chi connectivity index (χ2n) is 4.69. The van der Waals surface area contributed by atoms with E-state index < -0.39 is 29.5 Å². The summed E-state index contributed by atoms with van der Waals surface area (Å²) in [6, 6.07) is -1.17. The molecule has 0 aliphatic carbocycles. The van der Waals surface area contributed by atoms with Gasteiger partial charge in [-0.15, -0.1) is 11.8 Å². The maximum absolute atomic E-state index is 11.9. The molecule has 0 aromatic rings. The molecule has 0 saturated carbocycles. The van der Waals surface area contributed by atoms with Crippen molar-refractivity contribution in [1.29, 1.82) is 0 Å². The van der Waals surface area contributed by atoms with Crippen LogP contribution in [0.4, 0.5) is 0 Å². The van der Waals surface area contributed by atoms with E-state index in [1.807, 2.05) is 0 Å². The maximum atomic E-state index is 11.9. The molecule has 0 saturated heterocycles. The SMILES string of the molecule is COC(=O)c1cn([C@@H](CSCC(=O)O)C(=O)O)cc2c(=O)[nH]nc1-2. The Kier molecular flexibility index (Phi) is 5.24. The van der Waals surface area contributed by atoms with Crippen LogP contribution in [0.1, 0.15) is 16.4 Å². The number of carboxylic acid groups (broad SMARTS) is 2. The molecule has 3 N–H and O–H groups in total. The summed E-state index contributed by atoms with van der Waals surface area (Å²) < 4.78 is 5.79. The van der Waals surface area contributed by atoms with Crippen LogP contribution in [0.3, 0.4) is 0 Å². The van der Waals surface area contributed by atoms with E-state index in [-0.39, 0.29) is 28.3 Å². The van der Waals surface area contributed by atoms with E-state index in [0.29, 0.717) is 0 Å². The Labute approximate surface area is 138 Å². The first-order valence-electron chi connectivity index (χ1n) is 6.55. The molecular formula is C13H13N3O7S. The van der Waals surface area contributed by atoms with Crippen LogP contribution < -0.4 is 5.56 Å². The Morgan fingerprint density at radius 1 is 1.38 bits per heavy atom. The second kappa shape index (κ2) is 7.17. The molecule has 0 amide bonds. The number of thioether (sulfide) groups is 1. The van der Waals surface area contributed by atoms with Crippen LogP contribution in [-0.4, -0.2) is 61.5 Å². The highest BCUT2D eigenvalue weighted by molar-refractivity contribution is 7.99. The van der Waals surface area contributed by atoms with Crippen LogP contribution in [0.25, 0.3) is 11.3 Å². The summed E-state index contributed by atoms with van der Waals surface area (Å²) in [5.41, 5.74) is -0.535. The van der Waals surface area contributed by atoms with E-state index in [4.69, 9.17) is 5.11 Å². The number of nitrogens with one attached hydrogen (secondary N) is 1. The average molecular weight is 355 g/mol. The lowest BCUT2D eigenvalue weighted by molar-refractivity contribution is -0.140. The number of H-pyrrole nitrogens is 1. The first-order chi connectivity index (χ1) is 11.3. The molecule has 0 aromatic carbocycles. The van der Waals surface area contributed by atoms with Crippen LogP contribution in [0, 0.1) is 0 Å². The van der Waals surface area contributed by atoms with Crippen molar-refractivity contribution < 1.29 is 29.3 Å². The molecule has 0 radical (unpaired) electrons. The number of esters is 1. The van der Waals surface area contributed by atoms with E-state index >= 15 is 0 Å². The zero-order chi connectivity index (χ0) is 17.9. The van der Waals surface area contributed by atoms with Crippen LogP contribution in [0.5, 0.6) is 0 Å². The first-order valence-corrected chi connectivity index (χ1v) is 7.71. The molecule has 2 heterocycles.